The van der Waals surface area contributed by atoms with Gasteiger partial charge in [0.1, 0.15) is 17.4 Å². The molecule has 0 aromatic carbocycles. The summed E-state index contributed by atoms with van der Waals surface area (Å²) >= 11 is 1.14. The summed E-state index contributed by atoms with van der Waals surface area (Å²) in [6.45, 7) is 0. The van der Waals surface area contributed by atoms with E-state index in [-0.39, 0.29) is 22.9 Å². The molecule has 112 valence electrons. The third kappa shape index (κ3) is 2.16. The second-order valence-corrected chi connectivity index (χ2v) is 5.95. The highest BCUT2D eigenvalue weighted by Gasteiger charge is 2.39. The maximum atomic E-state index is 12.3. The van der Waals surface area contributed by atoms with Crippen LogP contribution >= 0.6 is 11.3 Å². The molecule has 0 bridgehead atoms. The first-order valence-electron chi connectivity index (χ1n) is 6.59. The lowest BCUT2D eigenvalue weighted by molar-refractivity contribution is -0.384. The van der Waals surface area contributed by atoms with Gasteiger partial charge in [-0.1, -0.05) is 0 Å². The summed E-state index contributed by atoms with van der Waals surface area (Å²) in [5, 5.41) is 21.6. The van der Waals surface area contributed by atoms with E-state index in [1.54, 1.807) is 0 Å². The Hall–Kier alpha value is -2.66. The van der Waals surface area contributed by atoms with E-state index in [1.165, 1.54) is 11.4 Å². The number of carbonyl (C=O) groups excluding carboxylic acids is 1. The fraction of sp³-hybridized carbons (Fsp3) is 0.286. The molecule has 1 unspecified atom stereocenters. The van der Waals surface area contributed by atoms with Crippen LogP contribution in [0.25, 0.3) is 0 Å². The van der Waals surface area contributed by atoms with E-state index in [0.29, 0.717) is 35.5 Å². The fourth-order valence-electron chi connectivity index (χ4n) is 2.73. The molecule has 8 heteroatoms. The molecule has 2 N–H and O–H groups in total. The van der Waals surface area contributed by atoms with E-state index in [0.717, 1.165) is 11.3 Å². The van der Waals surface area contributed by atoms with Gasteiger partial charge < -0.3 is 10.5 Å². The average molecular weight is 317 g/mol. The highest BCUT2D eigenvalue weighted by Crippen LogP contribution is 2.45. The van der Waals surface area contributed by atoms with E-state index in [9.17, 15) is 20.2 Å². The minimum absolute atomic E-state index is 0.0306. The zero-order valence-corrected chi connectivity index (χ0v) is 12.2. The zero-order valence-electron chi connectivity index (χ0n) is 11.4. The Bertz CT molecular complexity index is 784. The summed E-state index contributed by atoms with van der Waals surface area (Å²) in [6, 6.07) is 3.36. The van der Waals surface area contributed by atoms with Crippen molar-refractivity contribution in [1.82, 2.24) is 0 Å². The Kier molecular flexibility index (Phi) is 3.42. The van der Waals surface area contributed by atoms with Crippen molar-refractivity contribution in [2.45, 2.75) is 25.2 Å². The largest absolute Gasteiger partial charge is 0.444 e. The van der Waals surface area contributed by atoms with Gasteiger partial charge in [-0.05, 0) is 6.42 Å². The molecule has 0 fully saturated rings. The molecular formula is C14H11N3O4S. The highest BCUT2D eigenvalue weighted by atomic mass is 32.1. The molecule has 1 atom stereocenters. The summed E-state index contributed by atoms with van der Waals surface area (Å²) in [5.74, 6) is -0.311. The molecule has 1 aromatic heterocycles. The van der Waals surface area contributed by atoms with E-state index in [4.69, 9.17) is 10.5 Å². The number of thiophene rings is 1. The summed E-state index contributed by atoms with van der Waals surface area (Å²) in [6.07, 6.45) is 1.62. The van der Waals surface area contributed by atoms with Gasteiger partial charge in [-0.15, -0.1) is 11.3 Å². The van der Waals surface area contributed by atoms with Crippen molar-refractivity contribution < 1.29 is 14.5 Å². The second kappa shape index (κ2) is 5.27. The Balaban J connectivity index is 2.15. The number of Topliss-reactive ketones (excluding diaryl/α,β-unsaturated/α-hetero) is 1. The number of nitriles is 1. The molecule has 0 radical (unpaired) electrons. The lowest BCUT2D eigenvalue weighted by atomic mass is 9.80. The molecule has 22 heavy (non-hydrogen) atoms. The Morgan fingerprint density at radius 1 is 1.50 bits per heavy atom. The standard InChI is InChI=1S/C14H11N3O4S/c15-5-8-12(11-4-7(6-22-11)17(19)20)13-9(18)2-1-3-10(13)21-14(8)16/h4,6,12H,1-3,16H2. The summed E-state index contributed by atoms with van der Waals surface area (Å²) in [7, 11) is 0. The zero-order chi connectivity index (χ0) is 15.9. The van der Waals surface area contributed by atoms with Crippen LogP contribution in [0.15, 0.2) is 34.2 Å². The number of ether oxygens (including phenoxy) is 1. The Morgan fingerprint density at radius 3 is 2.91 bits per heavy atom. The van der Waals surface area contributed by atoms with Crippen LogP contribution in [-0.2, 0) is 9.53 Å². The van der Waals surface area contributed by atoms with Crippen molar-refractivity contribution >= 4 is 22.8 Å². The highest BCUT2D eigenvalue weighted by molar-refractivity contribution is 7.10. The van der Waals surface area contributed by atoms with Crippen LogP contribution in [0.5, 0.6) is 0 Å². The molecule has 0 saturated carbocycles. The predicted molar refractivity (Wildman–Crippen MR) is 77.5 cm³/mol. The molecule has 7 nitrogen and oxygen atoms in total. The number of carbonyl (C=O) groups is 1. The molecule has 1 aliphatic carbocycles. The number of rotatable bonds is 2. The van der Waals surface area contributed by atoms with E-state index < -0.39 is 10.8 Å². The van der Waals surface area contributed by atoms with Gasteiger partial charge in [0, 0.05) is 29.4 Å². The lowest BCUT2D eigenvalue weighted by Crippen LogP contribution is -2.26. The quantitative estimate of drug-likeness (QED) is 0.661. The van der Waals surface area contributed by atoms with Crippen LogP contribution in [0.1, 0.15) is 30.1 Å². The number of nitrogens with zero attached hydrogens (tertiary/aromatic N) is 2. The molecule has 1 aromatic rings. The van der Waals surface area contributed by atoms with E-state index >= 15 is 0 Å². The topological polar surface area (TPSA) is 119 Å². The maximum Gasteiger partial charge on any atom is 0.280 e. The van der Waals surface area contributed by atoms with Crippen molar-refractivity contribution in [3.8, 4) is 6.07 Å². The number of ketones is 1. The number of allylic oxidation sites excluding steroid dienone is 3. The maximum absolute atomic E-state index is 12.3. The number of nitro groups is 1. The lowest BCUT2D eigenvalue weighted by Gasteiger charge is -2.30. The first-order chi connectivity index (χ1) is 10.5. The molecule has 0 amide bonds. The van der Waals surface area contributed by atoms with Crippen LogP contribution in [0.2, 0.25) is 0 Å². The van der Waals surface area contributed by atoms with Crippen molar-refractivity contribution in [3.63, 3.8) is 0 Å². The van der Waals surface area contributed by atoms with Gasteiger partial charge >= 0.3 is 0 Å². The van der Waals surface area contributed by atoms with Gasteiger partial charge in [-0.25, -0.2) is 0 Å². The first-order valence-corrected chi connectivity index (χ1v) is 7.47. The van der Waals surface area contributed by atoms with Crippen LogP contribution in [0, 0.1) is 21.4 Å². The van der Waals surface area contributed by atoms with Gasteiger partial charge in [0.2, 0.25) is 5.88 Å². The number of hydrogen-bond acceptors (Lipinski definition) is 7. The van der Waals surface area contributed by atoms with Crippen molar-refractivity contribution in [1.29, 1.82) is 5.26 Å². The molecule has 0 saturated heterocycles. The van der Waals surface area contributed by atoms with Crippen LogP contribution < -0.4 is 5.73 Å². The number of hydrogen-bond donors (Lipinski definition) is 1. The van der Waals surface area contributed by atoms with Crippen molar-refractivity contribution in [2.24, 2.45) is 5.73 Å². The molecule has 3 rings (SSSR count). The second-order valence-electron chi connectivity index (χ2n) is 5.00. The first kappa shape index (κ1) is 14.3. The van der Waals surface area contributed by atoms with Gasteiger partial charge in [-0.3, -0.25) is 14.9 Å². The third-order valence-electron chi connectivity index (χ3n) is 3.71. The predicted octanol–water partition coefficient (Wildman–Crippen LogP) is 2.47. The van der Waals surface area contributed by atoms with E-state index in [1.807, 2.05) is 6.07 Å². The van der Waals surface area contributed by atoms with Crippen LogP contribution in [-0.4, -0.2) is 10.7 Å². The number of nitrogens with two attached hydrogens (primary N) is 1. The van der Waals surface area contributed by atoms with Gasteiger partial charge in [0.05, 0.1) is 16.2 Å². The summed E-state index contributed by atoms with van der Waals surface area (Å²) < 4.78 is 5.43. The minimum atomic E-state index is -0.666. The Morgan fingerprint density at radius 2 is 2.27 bits per heavy atom. The minimum Gasteiger partial charge on any atom is -0.444 e. The van der Waals surface area contributed by atoms with Gasteiger partial charge in [-0.2, -0.15) is 5.26 Å². The fourth-order valence-corrected chi connectivity index (χ4v) is 3.70. The SMILES string of the molecule is N#CC1=C(N)OC2=C(C(=O)CCC2)C1c1cc([N+](=O)[O-])cs1. The van der Waals surface area contributed by atoms with Gasteiger partial charge in [0.15, 0.2) is 5.78 Å². The molecule has 2 aliphatic rings. The molecule has 1 aliphatic heterocycles. The van der Waals surface area contributed by atoms with Crippen LogP contribution in [0.3, 0.4) is 0 Å². The van der Waals surface area contributed by atoms with E-state index in [2.05, 4.69) is 0 Å². The smallest absolute Gasteiger partial charge is 0.280 e. The molecule has 0 spiro atoms. The van der Waals surface area contributed by atoms with Crippen molar-refractivity contribution in [3.05, 3.63) is 49.2 Å². The Labute approximate surface area is 129 Å². The summed E-state index contributed by atoms with van der Waals surface area (Å²) in [4.78, 5) is 23.2. The monoisotopic (exact) mass is 317 g/mol. The average Bonchev–Trinajstić information content (AvgIpc) is 2.95. The molecule has 2 heterocycles. The molecular weight excluding hydrogens is 306 g/mol. The summed E-state index contributed by atoms with van der Waals surface area (Å²) in [5.41, 5.74) is 6.28. The van der Waals surface area contributed by atoms with Crippen molar-refractivity contribution in [2.75, 3.05) is 0 Å². The normalized spacial score (nSPS) is 21.2. The van der Waals surface area contributed by atoms with Crippen LogP contribution in [0.4, 0.5) is 5.69 Å². The van der Waals surface area contributed by atoms with Gasteiger partial charge in [0.25, 0.3) is 5.69 Å². The third-order valence-corrected chi connectivity index (χ3v) is 4.69.